The third kappa shape index (κ3) is 4.72. The van der Waals surface area contributed by atoms with Gasteiger partial charge >= 0.3 is 10.2 Å². The largest absolute Gasteiger partial charge is 0.479 e. The number of benzene rings is 2. The molecular formula is C16H15N3O4S. The summed E-state index contributed by atoms with van der Waals surface area (Å²) in [5.41, 5.74) is 0.573. The van der Waals surface area contributed by atoms with Crippen molar-refractivity contribution >= 4 is 21.8 Å². The van der Waals surface area contributed by atoms with E-state index in [1.54, 1.807) is 42.5 Å². The minimum Gasteiger partial charge on any atom is -0.479 e. The van der Waals surface area contributed by atoms with Gasteiger partial charge in [0, 0.05) is 0 Å². The molecule has 7 nitrogen and oxygen atoms in total. The number of hydrogen-bond acceptors (Lipinski definition) is 5. The normalized spacial score (nSPS) is 11.8. The molecular weight excluding hydrogens is 330 g/mol. The molecule has 1 atom stereocenters. The topological polar surface area (TPSA) is 108 Å². The summed E-state index contributed by atoms with van der Waals surface area (Å²) in [5, 5.41) is 8.98. The Bertz CT molecular complexity index is 860. The number of hydrogen-bond donors (Lipinski definition) is 2. The first-order valence-electron chi connectivity index (χ1n) is 6.96. The van der Waals surface area contributed by atoms with Crippen LogP contribution < -0.4 is 14.2 Å². The monoisotopic (exact) mass is 345 g/mol. The molecule has 0 saturated heterocycles. The summed E-state index contributed by atoms with van der Waals surface area (Å²) in [6, 6.07) is 16.4. The molecule has 0 aliphatic heterocycles. The molecule has 0 fully saturated rings. The standard InChI is InChI=1S/C16H15N3O4S/c1-12(23-15-10-6-5-7-13(15)11-17)16(20)19-24(21,22)18-14-8-3-2-4-9-14/h2-10,12,18H,1H3,(H,19,20). The van der Waals surface area contributed by atoms with Crippen molar-refractivity contribution in [3.05, 3.63) is 60.2 Å². The van der Waals surface area contributed by atoms with Crippen LogP contribution in [0.3, 0.4) is 0 Å². The Kier molecular flexibility index (Phi) is 5.39. The SMILES string of the molecule is CC(Oc1ccccc1C#N)C(=O)NS(=O)(=O)Nc1ccccc1. The average molecular weight is 345 g/mol. The smallest absolute Gasteiger partial charge is 0.323 e. The lowest BCUT2D eigenvalue weighted by Gasteiger charge is -2.16. The number of carbonyl (C=O) groups is 1. The molecule has 1 amide bonds. The van der Waals surface area contributed by atoms with Gasteiger partial charge in [0.15, 0.2) is 6.10 Å². The number of para-hydroxylation sites is 2. The summed E-state index contributed by atoms with van der Waals surface area (Å²) in [4.78, 5) is 12.0. The molecule has 8 heteroatoms. The van der Waals surface area contributed by atoms with Crippen LogP contribution in [0.4, 0.5) is 5.69 Å². The second kappa shape index (κ2) is 7.48. The Morgan fingerprint density at radius 3 is 2.42 bits per heavy atom. The molecule has 0 aliphatic carbocycles. The lowest BCUT2D eigenvalue weighted by Crippen LogP contribution is -2.42. The van der Waals surface area contributed by atoms with Gasteiger partial charge in [-0.05, 0) is 31.2 Å². The maximum absolute atomic E-state index is 12.0. The van der Waals surface area contributed by atoms with E-state index in [-0.39, 0.29) is 11.3 Å². The quantitative estimate of drug-likeness (QED) is 0.830. The van der Waals surface area contributed by atoms with E-state index in [4.69, 9.17) is 10.00 Å². The maximum Gasteiger partial charge on any atom is 0.323 e. The van der Waals surface area contributed by atoms with Gasteiger partial charge in [0.25, 0.3) is 5.91 Å². The van der Waals surface area contributed by atoms with Crippen LogP contribution in [0.25, 0.3) is 0 Å². The van der Waals surface area contributed by atoms with Gasteiger partial charge in [-0.25, -0.2) is 4.72 Å². The van der Waals surface area contributed by atoms with Gasteiger partial charge in [-0.1, -0.05) is 30.3 Å². The predicted molar refractivity (Wildman–Crippen MR) is 88.4 cm³/mol. The highest BCUT2D eigenvalue weighted by atomic mass is 32.2. The number of amides is 1. The zero-order chi connectivity index (χ0) is 17.6. The van der Waals surface area contributed by atoms with Gasteiger partial charge in [0.2, 0.25) is 0 Å². The van der Waals surface area contributed by atoms with E-state index < -0.39 is 22.2 Å². The van der Waals surface area contributed by atoms with Crippen molar-refractivity contribution in [1.82, 2.24) is 4.72 Å². The lowest BCUT2D eigenvalue weighted by molar-refractivity contribution is -0.125. The Labute approximate surface area is 140 Å². The zero-order valence-corrected chi connectivity index (χ0v) is 13.6. The summed E-state index contributed by atoms with van der Waals surface area (Å²) in [7, 11) is -4.08. The zero-order valence-electron chi connectivity index (χ0n) is 12.8. The predicted octanol–water partition coefficient (Wildman–Crippen LogP) is 1.80. The number of nitrogens with zero attached hydrogens (tertiary/aromatic N) is 1. The first-order valence-corrected chi connectivity index (χ1v) is 8.45. The Morgan fingerprint density at radius 2 is 1.75 bits per heavy atom. The molecule has 0 bridgehead atoms. The second-order valence-corrected chi connectivity index (χ2v) is 6.22. The van der Waals surface area contributed by atoms with E-state index in [0.29, 0.717) is 5.69 Å². The first-order chi connectivity index (χ1) is 11.4. The summed E-state index contributed by atoms with van der Waals surface area (Å²) in [6.45, 7) is 1.39. The summed E-state index contributed by atoms with van der Waals surface area (Å²) >= 11 is 0. The molecule has 0 heterocycles. The summed E-state index contributed by atoms with van der Waals surface area (Å²) in [6.07, 6.45) is -1.10. The van der Waals surface area contributed by atoms with Crippen molar-refractivity contribution in [3.63, 3.8) is 0 Å². The molecule has 24 heavy (non-hydrogen) atoms. The number of anilines is 1. The highest BCUT2D eigenvalue weighted by molar-refractivity contribution is 7.91. The summed E-state index contributed by atoms with van der Waals surface area (Å²) < 4.78 is 33.3. The average Bonchev–Trinajstić information content (AvgIpc) is 2.55. The lowest BCUT2D eigenvalue weighted by atomic mass is 10.2. The van der Waals surface area contributed by atoms with E-state index in [9.17, 15) is 13.2 Å². The molecule has 1 unspecified atom stereocenters. The van der Waals surface area contributed by atoms with Crippen LogP contribution >= 0.6 is 0 Å². The molecule has 2 aromatic carbocycles. The van der Waals surface area contributed by atoms with E-state index in [1.165, 1.54) is 19.1 Å². The molecule has 0 aliphatic rings. The summed E-state index contributed by atoms with van der Waals surface area (Å²) in [5.74, 6) is -0.651. The van der Waals surface area contributed by atoms with Gasteiger partial charge in [-0.2, -0.15) is 13.7 Å². The molecule has 124 valence electrons. The minimum atomic E-state index is -4.08. The third-order valence-corrected chi connectivity index (χ3v) is 3.92. The minimum absolute atomic E-state index is 0.205. The van der Waals surface area contributed by atoms with E-state index in [1.807, 2.05) is 10.8 Å². The highest BCUT2D eigenvalue weighted by Crippen LogP contribution is 2.18. The van der Waals surface area contributed by atoms with E-state index in [2.05, 4.69) is 4.72 Å². The van der Waals surface area contributed by atoms with Crippen molar-refractivity contribution in [2.45, 2.75) is 13.0 Å². The molecule has 2 aromatic rings. The Morgan fingerprint density at radius 1 is 1.12 bits per heavy atom. The molecule has 0 saturated carbocycles. The van der Waals surface area contributed by atoms with Crippen LogP contribution in [0.15, 0.2) is 54.6 Å². The molecule has 0 radical (unpaired) electrons. The second-order valence-electron chi connectivity index (χ2n) is 4.81. The molecule has 2 rings (SSSR count). The van der Waals surface area contributed by atoms with Crippen LogP contribution in [0.5, 0.6) is 5.75 Å². The van der Waals surface area contributed by atoms with Gasteiger partial charge in [-0.15, -0.1) is 0 Å². The third-order valence-electron chi connectivity index (χ3n) is 2.94. The van der Waals surface area contributed by atoms with Crippen molar-refractivity contribution in [1.29, 1.82) is 5.26 Å². The fourth-order valence-corrected chi connectivity index (χ4v) is 2.74. The number of rotatable bonds is 6. The first kappa shape index (κ1) is 17.3. The molecule has 0 aromatic heterocycles. The number of ether oxygens (including phenoxy) is 1. The number of nitrogens with one attached hydrogen (secondary N) is 2. The van der Waals surface area contributed by atoms with Crippen molar-refractivity contribution in [2.24, 2.45) is 0 Å². The number of nitriles is 1. The Hall–Kier alpha value is -3.05. The van der Waals surface area contributed by atoms with Crippen LogP contribution in [0, 0.1) is 11.3 Å². The highest BCUT2D eigenvalue weighted by Gasteiger charge is 2.22. The van der Waals surface area contributed by atoms with Crippen LogP contribution in [-0.2, 0) is 15.0 Å². The van der Waals surface area contributed by atoms with Gasteiger partial charge in [-0.3, -0.25) is 9.52 Å². The van der Waals surface area contributed by atoms with Gasteiger partial charge in [0.1, 0.15) is 11.8 Å². The van der Waals surface area contributed by atoms with Crippen molar-refractivity contribution in [2.75, 3.05) is 4.72 Å². The molecule has 2 N–H and O–H groups in total. The van der Waals surface area contributed by atoms with Gasteiger partial charge < -0.3 is 4.74 Å². The fraction of sp³-hybridized carbons (Fsp3) is 0.125. The van der Waals surface area contributed by atoms with Crippen LogP contribution in [-0.4, -0.2) is 20.4 Å². The van der Waals surface area contributed by atoms with Gasteiger partial charge in [0.05, 0.1) is 11.3 Å². The van der Waals surface area contributed by atoms with Crippen LogP contribution in [0.2, 0.25) is 0 Å². The van der Waals surface area contributed by atoms with E-state index in [0.717, 1.165) is 0 Å². The Balaban J connectivity index is 2.02. The fourth-order valence-electron chi connectivity index (χ4n) is 1.81. The maximum atomic E-state index is 12.0. The number of carbonyl (C=O) groups excluding carboxylic acids is 1. The van der Waals surface area contributed by atoms with Crippen LogP contribution in [0.1, 0.15) is 12.5 Å². The van der Waals surface area contributed by atoms with Crippen molar-refractivity contribution < 1.29 is 17.9 Å². The molecule has 0 spiro atoms. The van der Waals surface area contributed by atoms with Crippen molar-refractivity contribution in [3.8, 4) is 11.8 Å². The van der Waals surface area contributed by atoms with E-state index >= 15 is 0 Å².